The molecule has 0 aliphatic carbocycles. The Labute approximate surface area is 105 Å². The average Bonchev–Trinajstić information content (AvgIpc) is 2.28. The molecule has 0 spiro atoms. The Hall–Kier alpha value is -1.02. The first-order valence-electron chi connectivity index (χ1n) is 6.61. The molecule has 0 aliphatic rings. The number of rotatable bonds is 7. The van der Waals surface area contributed by atoms with Crippen LogP contribution in [0, 0.1) is 0 Å². The van der Waals surface area contributed by atoms with Crippen molar-refractivity contribution in [2.75, 3.05) is 0 Å². The van der Waals surface area contributed by atoms with Gasteiger partial charge in [-0.2, -0.15) is 0 Å². The van der Waals surface area contributed by atoms with Gasteiger partial charge >= 0.3 is 0 Å². The van der Waals surface area contributed by atoms with Crippen LogP contribution in [0.2, 0.25) is 0 Å². The molecular formula is C15H25NO. The standard InChI is InChI=1S/C15H25NO/c1-5-8-13(4)17-15-10-7-6-9-14(15)11-16-12(2)3/h6-7,9-10,12-13,16H,5,8,11H2,1-4H3. The van der Waals surface area contributed by atoms with Gasteiger partial charge in [-0.1, -0.05) is 45.4 Å². The van der Waals surface area contributed by atoms with E-state index in [-0.39, 0.29) is 0 Å². The molecule has 1 unspecified atom stereocenters. The van der Waals surface area contributed by atoms with Crippen LogP contribution in [-0.4, -0.2) is 12.1 Å². The van der Waals surface area contributed by atoms with Gasteiger partial charge in [-0.3, -0.25) is 0 Å². The SMILES string of the molecule is CCCC(C)Oc1ccccc1CNC(C)C. The van der Waals surface area contributed by atoms with Gasteiger partial charge in [-0.05, 0) is 19.4 Å². The van der Waals surface area contributed by atoms with E-state index in [1.807, 2.05) is 6.07 Å². The predicted molar refractivity (Wildman–Crippen MR) is 73.4 cm³/mol. The normalized spacial score (nSPS) is 12.8. The molecule has 1 atom stereocenters. The summed E-state index contributed by atoms with van der Waals surface area (Å²) >= 11 is 0. The molecule has 1 N–H and O–H groups in total. The van der Waals surface area contributed by atoms with Crippen molar-refractivity contribution in [3.8, 4) is 5.75 Å². The average molecular weight is 235 g/mol. The number of nitrogens with one attached hydrogen (secondary N) is 1. The lowest BCUT2D eigenvalue weighted by atomic mass is 10.1. The highest BCUT2D eigenvalue weighted by Crippen LogP contribution is 2.20. The summed E-state index contributed by atoms with van der Waals surface area (Å²) in [6.07, 6.45) is 2.56. The maximum atomic E-state index is 5.98. The molecule has 0 saturated heterocycles. The Morgan fingerprint density at radius 3 is 2.53 bits per heavy atom. The third kappa shape index (κ3) is 5.22. The molecule has 17 heavy (non-hydrogen) atoms. The molecule has 96 valence electrons. The second kappa shape index (κ2) is 7.33. The van der Waals surface area contributed by atoms with Crippen molar-refractivity contribution in [2.45, 2.75) is 59.2 Å². The summed E-state index contributed by atoms with van der Waals surface area (Å²) in [5.74, 6) is 1.02. The Morgan fingerprint density at radius 1 is 1.18 bits per heavy atom. The fraction of sp³-hybridized carbons (Fsp3) is 0.600. The summed E-state index contributed by atoms with van der Waals surface area (Å²) in [6.45, 7) is 9.50. The van der Waals surface area contributed by atoms with Crippen molar-refractivity contribution < 1.29 is 4.74 Å². The molecule has 2 heteroatoms. The minimum Gasteiger partial charge on any atom is -0.490 e. The van der Waals surface area contributed by atoms with Crippen molar-refractivity contribution in [3.05, 3.63) is 29.8 Å². The molecule has 0 bridgehead atoms. The molecule has 0 fully saturated rings. The van der Waals surface area contributed by atoms with Crippen molar-refractivity contribution in [2.24, 2.45) is 0 Å². The summed E-state index contributed by atoms with van der Waals surface area (Å²) in [5, 5.41) is 3.43. The minimum absolute atomic E-state index is 0.292. The number of hydrogen-bond donors (Lipinski definition) is 1. The Bertz CT molecular complexity index is 322. The molecule has 1 aromatic rings. The molecule has 0 radical (unpaired) electrons. The summed E-state index contributed by atoms with van der Waals surface area (Å²) < 4.78 is 5.98. The molecule has 2 nitrogen and oxygen atoms in total. The Balaban J connectivity index is 2.63. The summed E-state index contributed by atoms with van der Waals surface area (Å²) in [7, 11) is 0. The lowest BCUT2D eigenvalue weighted by molar-refractivity contribution is 0.207. The third-order valence-electron chi connectivity index (χ3n) is 2.70. The van der Waals surface area contributed by atoms with Crippen LogP contribution in [0.15, 0.2) is 24.3 Å². The van der Waals surface area contributed by atoms with Crippen molar-refractivity contribution in [1.29, 1.82) is 0 Å². The number of para-hydroxylation sites is 1. The molecular weight excluding hydrogens is 210 g/mol. The molecule has 0 heterocycles. The monoisotopic (exact) mass is 235 g/mol. The molecule has 1 aromatic carbocycles. The lowest BCUT2D eigenvalue weighted by Gasteiger charge is -2.18. The van der Waals surface area contributed by atoms with Crippen LogP contribution in [0.4, 0.5) is 0 Å². The van der Waals surface area contributed by atoms with Gasteiger partial charge in [-0.25, -0.2) is 0 Å². The first-order chi connectivity index (χ1) is 8.13. The molecule has 0 aliphatic heterocycles. The van der Waals surface area contributed by atoms with E-state index in [1.54, 1.807) is 0 Å². The maximum Gasteiger partial charge on any atom is 0.124 e. The molecule has 0 amide bonds. The van der Waals surface area contributed by atoms with Gasteiger partial charge in [-0.15, -0.1) is 0 Å². The second-order valence-electron chi connectivity index (χ2n) is 4.86. The lowest BCUT2D eigenvalue weighted by Crippen LogP contribution is -2.22. The summed E-state index contributed by atoms with van der Waals surface area (Å²) in [6, 6.07) is 8.78. The van der Waals surface area contributed by atoms with E-state index in [9.17, 15) is 0 Å². The van der Waals surface area contributed by atoms with Gasteiger partial charge in [0.1, 0.15) is 5.75 Å². The minimum atomic E-state index is 0.292. The van der Waals surface area contributed by atoms with E-state index in [0.717, 1.165) is 25.1 Å². The van der Waals surface area contributed by atoms with Gasteiger partial charge < -0.3 is 10.1 Å². The quantitative estimate of drug-likeness (QED) is 0.777. The summed E-state index contributed by atoms with van der Waals surface area (Å²) in [5.41, 5.74) is 1.24. The van der Waals surface area contributed by atoms with Gasteiger partial charge in [0.2, 0.25) is 0 Å². The largest absolute Gasteiger partial charge is 0.490 e. The molecule has 1 rings (SSSR count). The molecule has 0 aromatic heterocycles. The fourth-order valence-electron chi connectivity index (χ4n) is 1.76. The van der Waals surface area contributed by atoms with Crippen LogP contribution in [0.3, 0.4) is 0 Å². The van der Waals surface area contributed by atoms with Crippen LogP contribution >= 0.6 is 0 Å². The van der Waals surface area contributed by atoms with Crippen LogP contribution < -0.4 is 10.1 Å². The van der Waals surface area contributed by atoms with Gasteiger partial charge in [0.05, 0.1) is 6.10 Å². The smallest absolute Gasteiger partial charge is 0.124 e. The van der Waals surface area contributed by atoms with E-state index in [1.165, 1.54) is 5.56 Å². The van der Waals surface area contributed by atoms with E-state index < -0.39 is 0 Å². The Kier molecular flexibility index (Phi) is 6.06. The highest BCUT2D eigenvalue weighted by Gasteiger charge is 2.07. The van der Waals surface area contributed by atoms with Crippen molar-refractivity contribution >= 4 is 0 Å². The first-order valence-corrected chi connectivity index (χ1v) is 6.61. The zero-order valence-corrected chi connectivity index (χ0v) is 11.5. The van der Waals surface area contributed by atoms with Gasteiger partial charge in [0.15, 0.2) is 0 Å². The first kappa shape index (κ1) is 14.0. The molecule has 0 saturated carbocycles. The van der Waals surface area contributed by atoms with Crippen LogP contribution in [0.1, 0.15) is 46.1 Å². The van der Waals surface area contributed by atoms with E-state index in [4.69, 9.17) is 4.74 Å². The van der Waals surface area contributed by atoms with Crippen molar-refractivity contribution in [1.82, 2.24) is 5.32 Å². The topological polar surface area (TPSA) is 21.3 Å². The van der Waals surface area contributed by atoms with Crippen molar-refractivity contribution in [3.63, 3.8) is 0 Å². The number of benzene rings is 1. The van der Waals surface area contributed by atoms with E-state index in [2.05, 4.69) is 51.2 Å². The zero-order chi connectivity index (χ0) is 12.7. The summed E-state index contributed by atoms with van der Waals surface area (Å²) in [4.78, 5) is 0. The number of hydrogen-bond acceptors (Lipinski definition) is 2. The van der Waals surface area contributed by atoms with Gasteiger partial charge in [0, 0.05) is 18.2 Å². The van der Waals surface area contributed by atoms with Crippen LogP contribution in [0.5, 0.6) is 5.75 Å². The van der Waals surface area contributed by atoms with E-state index in [0.29, 0.717) is 12.1 Å². The van der Waals surface area contributed by atoms with E-state index >= 15 is 0 Å². The van der Waals surface area contributed by atoms with Crippen LogP contribution in [0.25, 0.3) is 0 Å². The third-order valence-corrected chi connectivity index (χ3v) is 2.70. The fourth-order valence-corrected chi connectivity index (χ4v) is 1.76. The second-order valence-corrected chi connectivity index (χ2v) is 4.86. The zero-order valence-electron chi connectivity index (χ0n) is 11.5. The maximum absolute atomic E-state index is 5.98. The number of ether oxygens (including phenoxy) is 1. The Morgan fingerprint density at radius 2 is 1.88 bits per heavy atom. The highest BCUT2D eigenvalue weighted by atomic mass is 16.5. The predicted octanol–water partition coefficient (Wildman–Crippen LogP) is 3.75. The van der Waals surface area contributed by atoms with Crippen LogP contribution in [-0.2, 0) is 6.54 Å². The highest BCUT2D eigenvalue weighted by molar-refractivity contribution is 5.33. The van der Waals surface area contributed by atoms with Gasteiger partial charge in [0.25, 0.3) is 0 Å².